The quantitative estimate of drug-likeness (QED) is 0.847. The van der Waals surface area contributed by atoms with Gasteiger partial charge in [0.15, 0.2) is 0 Å². The molecule has 104 valence electrons. The topological polar surface area (TPSA) is 64.3 Å². The lowest BCUT2D eigenvalue weighted by Gasteiger charge is -2.11. The molecule has 3 N–H and O–H groups in total. The summed E-state index contributed by atoms with van der Waals surface area (Å²) in [7, 11) is 1.53. The third kappa shape index (κ3) is 2.98. The summed E-state index contributed by atoms with van der Waals surface area (Å²) in [6, 6.07) is 9.78. The summed E-state index contributed by atoms with van der Waals surface area (Å²) in [6.45, 7) is 0. The predicted octanol–water partition coefficient (Wildman–Crippen LogP) is 3.84. The maximum absolute atomic E-state index is 12.2. The second kappa shape index (κ2) is 6.03. The maximum Gasteiger partial charge on any atom is 0.257 e. The van der Waals surface area contributed by atoms with E-state index in [1.807, 2.05) is 0 Å². The number of carbonyl (C=O) groups is 1. The van der Waals surface area contributed by atoms with E-state index in [2.05, 4.69) is 5.32 Å². The zero-order valence-electron chi connectivity index (χ0n) is 10.6. The van der Waals surface area contributed by atoms with Gasteiger partial charge in [0.2, 0.25) is 0 Å². The van der Waals surface area contributed by atoms with E-state index in [1.54, 1.807) is 36.4 Å². The van der Waals surface area contributed by atoms with E-state index >= 15 is 0 Å². The molecule has 0 heterocycles. The van der Waals surface area contributed by atoms with Crippen molar-refractivity contribution in [2.24, 2.45) is 0 Å². The number of nitrogen functional groups attached to an aromatic ring is 1. The minimum absolute atomic E-state index is 0.310. The fraction of sp³-hybridized carbons (Fsp3) is 0.0714. The molecule has 0 saturated carbocycles. The van der Waals surface area contributed by atoms with Gasteiger partial charge in [-0.3, -0.25) is 4.79 Å². The second-order valence-electron chi connectivity index (χ2n) is 4.00. The number of benzene rings is 2. The van der Waals surface area contributed by atoms with Gasteiger partial charge in [0.05, 0.1) is 28.4 Å². The average Bonchev–Trinajstić information content (AvgIpc) is 2.42. The lowest BCUT2D eigenvalue weighted by Crippen LogP contribution is -2.14. The van der Waals surface area contributed by atoms with E-state index in [4.69, 9.17) is 33.7 Å². The molecule has 2 aromatic carbocycles. The molecule has 0 saturated heterocycles. The number of hydrogen-bond donors (Lipinski definition) is 2. The number of halogens is 2. The second-order valence-corrected chi connectivity index (χ2v) is 4.82. The van der Waals surface area contributed by atoms with Gasteiger partial charge in [-0.1, -0.05) is 29.3 Å². The van der Waals surface area contributed by atoms with Crippen molar-refractivity contribution in [3.8, 4) is 5.75 Å². The van der Waals surface area contributed by atoms with Crippen molar-refractivity contribution in [2.45, 2.75) is 0 Å². The first kappa shape index (κ1) is 14.5. The fourth-order valence-corrected chi connectivity index (χ4v) is 2.16. The summed E-state index contributed by atoms with van der Waals surface area (Å²) in [4.78, 5) is 12.2. The number of ether oxygens (including phenoxy) is 1. The summed E-state index contributed by atoms with van der Waals surface area (Å²) >= 11 is 12.0. The Morgan fingerprint density at radius 1 is 1.20 bits per heavy atom. The molecule has 0 bridgehead atoms. The summed E-state index contributed by atoms with van der Waals surface area (Å²) in [5, 5.41) is 3.37. The molecule has 0 fully saturated rings. The van der Waals surface area contributed by atoms with Crippen molar-refractivity contribution in [3.05, 3.63) is 52.0 Å². The molecule has 0 aliphatic carbocycles. The van der Waals surface area contributed by atoms with Crippen LogP contribution in [0, 0.1) is 0 Å². The SMILES string of the molecule is COc1ccc(C(=O)Nc2c(Cl)cccc2Cl)c(N)c1. The highest BCUT2D eigenvalue weighted by Crippen LogP contribution is 2.30. The van der Waals surface area contributed by atoms with Crippen molar-refractivity contribution in [2.75, 3.05) is 18.2 Å². The van der Waals surface area contributed by atoms with Gasteiger partial charge in [-0.25, -0.2) is 0 Å². The van der Waals surface area contributed by atoms with Gasteiger partial charge in [0, 0.05) is 11.8 Å². The number of rotatable bonds is 3. The number of hydrogen-bond acceptors (Lipinski definition) is 3. The number of para-hydroxylation sites is 1. The Morgan fingerprint density at radius 2 is 1.85 bits per heavy atom. The first-order valence-corrected chi connectivity index (χ1v) is 6.47. The van der Waals surface area contributed by atoms with Crippen LogP contribution in [0.4, 0.5) is 11.4 Å². The van der Waals surface area contributed by atoms with E-state index in [0.717, 1.165) is 0 Å². The third-order valence-corrected chi connectivity index (χ3v) is 3.33. The molecular formula is C14H12Cl2N2O2. The van der Waals surface area contributed by atoms with Crippen molar-refractivity contribution < 1.29 is 9.53 Å². The van der Waals surface area contributed by atoms with Gasteiger partial charge in [-0.05, 0) is 24.3 Å². The van der Waals surface area contributed by atoms with Crippen LogP contribution in [0.3, 0.4) is 0 Å². The van der Waals surface area contributed by atoms with Crippen LogP contribution in [0.2, 0.25) is 10.0 Å². The van der Waals surface area contributed by atoms with Crippen LogP contribution < -0.4 is 15.8 Å². The predicted molar refractivity (Wildman–Crippen MR) is 81.8 cm³/mol. The molecule has 0 aliphatic rings. The maximum atomic E-state index is 12.2. The van der Waals surface area contributed by atoms with Crippen LogP contribution in [0.15, 0.2) is 36.4 Å². The molecule has 0 radical (unpaired) electrons. The van der Waals surface area contributed by atoms with Gasteiger partial charge in [-0.2, -0.15) is 0 Å². The van der Waals surface area contributed by atoms with Gasteiger partial charge >= 0.3 is 0 Å². The van der Waals surface area contributed by atoms with Crippen LogP contribution in [0.25, 0.3) is 0 Å². The summed E-state index contributed by atoms with van der Waals surface area (Å²) in [5.41, 5.74) is 6.81. The molecule has 2 rings (SSSR count). The van der Waals surface area contributed by atoms with Crippen LogP contribution in [0.1, 0.15) is 10.4 Å². The Labute approximate surface area is 126 Å². The van der Waals surface area contributed by atoms with Crippen LogP contribution in [-0.2, 0) is 0 Å². The number of nitrogens with one attached hydrogen (secondary N) is 1. The van der Waals surface area contributed by atoms with E-state index in [-0.39, 0.29) is 5.91 Å². The third-order valence-electron chi connectivity index (χ3n) is 2.70. The van der Waals surface area contributed by atoms with Crippen molar-refractivity contribution >= 4 is 40.5 Å². The van der Waals surface area contributed by atoms with Crippen LogP contribution in [0.5, 0.6) is 5.75 Å². The number of nitrogens with two attached hydrogens (primary N) is 1. The van der Waals surface area contributed by atoms with Gasteiger partial charge in [0.1, 0.15) is 5.75 Å². The smallest absolute Gasteiger partial charge is 0.257 e. The van der Waals surface area contributed by atoms with Crippen LogP contribution in [-0.4, -0.2) is 13.0 Å². The van der Waals surface area contributed by atoms with Gasteiger partial charge < -0.3 is 15.8 Å². The summed E-state index contributed by atoms with van der Waals surface area (Å²) in [5.74, 6) is 0.190. The largest absolute Gasteiger partial charge is 0.497 e. The standard InChI is InChI=1S/C14H12Cl2N2O2/c1-20-8-5-6-9(12(17)7-8)14(19)18-13-10(15)3-2-4-11(13)16/h2-7H,17H2,1H3,(H,18,19). The Kier molecular flexibility index (Phi) is 4.37. The monoisotopic (exact) mass is 310 g/mol. The van der Waals surface area contributed by atoms with E-state index in [0.29, 0.717) is 32.7 Å². The molecule has 0 spiro atoms. The lowest BCUT2D eigenvalue weighted by atomic mass is 10.1. The molecule has 4 nitrogen and oxygen atoms in total. The van der Waals surface area contributed by atoms with E-state index in [1.165, 1.54) is 7.11 Å². The Morgan fingerprint density at radius 3 is 2.40 bits per heavy atom. The fourth-order valence-electron chi connectivity index (χ4n) is 1.67. The molecular weight excluding hydrogens is 299 g/mol. The van der Waals surface area contributed by atoms with E-state index in [9.17, 15) is 4.79 Å². The molecule has 2 aromatic rings. The van der Waals surface area contributed by atoms with Crippen LogP contribution >= 0.6 is 23.2 Å². The minimum Gasteiger partial charge on any atom is -0.497 e. The zero-order valence-corrected chi connectivity index (χ0v) is 12.1. The molecule has 0 atom stereocenters. The molecule has 6 heteroatoms. The van der Waals surface area contributed by atoms with Crippen molar-refractivity contribution in [3.63, 3.8) is 0 Å². The highest BCUT2D eigenvalue weighted by atomic mass is 35.5. The minimum atomic E-state index is -0.389. The number of methoxy groups -OCH3 is 1. The molecule has 0 unspecified atom stereocenters. The van der Waals surface area contributed by atoms with Gasteiger partial charge in [-0.15, -0.1) is 0 Å². The molecule has 1 amide bonds. The average molecular weight is 311 g/mol. The Bertz CT molecular complexity index is 639. The normalized spacial score (nSPS) is 10.2. The Hall–Kier alpha value is -1.91. The summed E-state index contributed by atoms with van der Waals surface area (Å²) in [6.07, 6.45) is 0. The molecule has 20 heavy (non-hydrogen) atoms. The molecule has 0 aliphatic heterocycles. The van der Waals surface area contributed by atoms with Crippen molar-refractivity contribution in [1.82, 2.24) is 0 Å². The first-order valence-electron chi connectivity index (χ1n) is 5.72. The number of carbonyl (C=O) groups excluding carboxylic acids is 1. The lowest BCUT2D eigenvalue weighted by molar-refractivity contribution is 0.102. The van der Waals surface area contributed by atoms with E-state index < -0.39 is 0 Å². The highest BCUT2D eigenvalue weighted by molar-refractivity contribution is 6.40. The number of amides is 1. The highest BCUT2D eigenvalue weighted by Gasteiger charge is 2.14. The van der Waals surface area contributed by atoms with Crippen molar-refractivity contribution in [1.29, 1.82) is 0 Å². The zero-order chi connectivity index (χ0) is 14.7. The number of anilines is 2. The summed E-state index contributed by atoms with van der Waals surface area (Å²) < 4.78 is 5.03. The first-order chi connectivity index (χ1) is 9.52. The Balaban J connectivity index is 2.29. The molecule has 0 aromatic heterocycles. The van der Waals surface area contributed by atoms with Gasteiger partial charge in [0.25, 0.3) is 5.91 Å².